The summed E-state index contributed by atoms with van der Waals surface area (Å²) in [4.78, 5) is 0. The fourth-order valence-electron chi connectivity index (χ4n) is 2.93. The van der Waals surface area contributed by atoms with E-state index in [1.54, 1.807) is 6.08 Å². The highest BCUT2D eigenvalue weighted by Gasteiger charge is 2.28. The van der Waals surface area contributed by atoms with Crippen molar-refractivity contribution in [3.05, 3.63) is 46.8 Å². The highest BCUT2D eigenvalue weighted by Crippen LogP contribution is 2.39. The lowest BCUT2D eigenvalue weighted by Crippen LogP contribution is -2.14. The van der Waals surface area contributed by atoms with E-state index < -0.39 is 6.17 Å². The van der Waals surface area contributed by atoms with E-state index >= 15 is 0 Å². The van der Waals surface area contributed by atoms with Crippen LogP contribution in [0.2, 0.25) is 0 Å². The molecule has 0 fully saturated rings. The fourth-order valence-corrected chi connectivity index (χ4v) is 2.93. The first-order valence-electron chi connectivity index (χ1n) is 6.32. The van der Waals surface area contributed by atoms with Crippen molar-refractivity contribution in [3.63, 3.8) is 0 Å². The van der Waals surface area contributed by atoms with E-state index in [0.717, 1.165) is 18.6 Å². The molecule has 0 spiro atoms. The molecule has 2 aliphatic carbocycles. The molecule has 90 valence electrons. The summed E-state index contributed by atoms with van der Waals surface area (Å²) in [5.41, 5.74) is 3.76. The van der Waals surface area contributed by atoms with Crippen LogP contribution in [-0.2, 0) is 4.74 Å². The summed E-state index contributed by atoms with van der Waals surface area (Å²) < 4.78 is 19.3. The van der Waals surface area contributed by atoms with E-state index in [9.17, 15) is 4.39 Å². The van der Waals surface area contributed by atoms with Crippen LogP contribution in [0.25, 0.3) is 0 Å². The van der Waals surface area contributed by atoms with Gasteiger partial charge in [-0.15, -0.1) is 0 Å². The van der Waals surface area contributed by atoms with Gasteiger partial charge >= 0.3 is 0 Å². The van der Waals surface area contributed by atoms with E-state index in [1.807, 2.05) is 6.08 Å². The minimum Gasteiger partial charge on any atom is -0.489 e. The Kier molecular flexibility index (Phi) is 2.65. The summed E-state index contributed by atoms with van der Waals surface area (Å²) in [5.74, 6) is 1.35. The van der Waals surface area contributed by atoms with Crippen LogP contribution in [0.4, 0.5) is 4.39 Å². The Morgan fingerprint density at radius 1 is 1.29 bits per heavy atom. The Morgan fingerprint density at radius 3 is 3.06 bits per heavy atom. The second-order valence-corrected chi connectivity index (χ2v) is 4.97. The Bertz CT molecular complexity index is 454. The molecule has 0 aromatic heterocycles. The van der Waals surface area contributed by atoms with Gasteiger partial charge in [0.05, 0.1) is 0 Å². The van der Waals surface area contributed by atoms with E-state index in [2.05, 4.69) is 19.1 Å². The normalized spacial score (nSPS) is 31.9. The van der Waals surface area contributed by atoms with E-state index in [0.29, 0.717) is 18.9 Å². The molecule has 3 aliphatic rings. The molecule has 0 N–H and O–H groups in total. The molecular formula is C15H17FO. The van der Waals surface area contributed by atoms with Gasteiger partial charge in [0.25, 0.3) is 0 Å². The molecule has 1 aliphatic heterocycles. The maximum absolute atomic E-state index is 13.5. The predicted octanol–water partition coefficient (Wildman–Crippen LogP) is 3.85. The van der Waals surface area contributed by atoms with Gasteiger partial charge in [-0.3, -0.25) is 0 Å². The van der Waals surface area contributed by atoms with Crippen molar-refractivity contribution in [1.82, 2.24) is 0 Å². The zero-order valence-electron chi connectivity index (χ0n) is 10.1. The van der Waals surface area contributed by atoms with Gasteiger partial charge in [0.15, 0.2) is 0 Å². The number of hydrogen-bond donors (Lipinski definition) is 0. The van der Waals surface area contributed by atoms with Crippen molar-refractivity contribution in [1.29, 1.82) is 0 Å². The largest absolute Gasteiger partial charge is 0.489 e. The summed E-state index contributed by atoms with van der Waals surface area (Å²) in [6.45, 7) is 2.77. The third-order valence-corrected chi connectivity index (χ3v) is 3.93. The Morgan fingerprint density at radius 2 is 2.18 bits per heavy atom. The predicted molar refractivity (Wildman–Crippen MR) is 66.2 cm³/mol. The number of ether oxygens (including phenoxy) is 1. The molecule has 0 aromatic carbocycles. The van der Waals surface area contributed by atoms with Crippen molar-refractivity contribution in [2.45, 2.75) is 32.4 Å². The van der Waals surface area contributed by atoms with Crippen LogP contribution in [0, 0.1) is 5.92 Å². The molecule has 0 saturated carbocycles. The number of hydrogen-bond acceptors (Lipinski definition) is 1. The molecule has 0 saturated heterocycles. The van der Waals surface area contributed by atoms with Gasteiger partial charge in [-0.05, 0) is 36.1 Å². The lowest BCUT2D eigenvalue weighted by molar-refractivity contribution is 0.250. The van der Waals surface area contributed by atoms with Gasteiger partial charge in [-0.25, -0.2) is 4.39 Å². The summed E-state index contributed by atoms with van der Waals surface area (Å²) >= 11 is 0. The summed E-state index contributed by atoms with van der Waals surface area (Å²) in [6, 6.07) is 0. The summed E-state index contributed by atoms with van der Waals surface area (Å²) in [5, 5.41) is 0. The molecule has 1 nitrogen and oxygen atoms in total. The number of allylic oxidation sites excluding steroid dienone is 5. The van der Waals surface area contributed by atoms with E-state index in [-0.39, 0.29) is 0 Å². The zero-order valence-corrected chi connectivity index (χ0v) is 10.1. The molecule has 2 atom stereocenters. The molecule has 2 heteroatoms. The molecule has 3 rings (SSSR count). The topological polar surface area (TPSA) is 9.23 Å². The maximum atomic E-state index is 13.5. The fraction of sp³-hybridized carbons (Fsp3) is 0.467. The average Bonchev–Trinajstić information content (AvgIpc) is 2.49. The van der Waals surface area contributed by atoms with Crippen LogP contribution in [0.1, 0.15) is 26.2 Å². The molecule has 0 aromatic rings. The second kappa shape index (κ2) is 4.17. The van der Waals surface area contributed by atoms with Gasteiger partial charge in [0, 0.05) is 12.3 Å². The lowest BCUT2D eigenvalue weighted by Gasteiger charge is -2.23. The third-order valence-electron chi connectivity index (χ3n) is 3.93. The molecule has 0 bridgehead atoms. The summed E-state index contributed by atoms with van der Waals surface area (Å²) in [6.07, 6.45) is 9.62. The van der Waals surface area contributed by atoms with Crippen LogP contribution in [0.3, 0.4) is 0 Å². The first-order valence-corrected chi connectivity index (χ1v) is 6.32. The van der Waals surface area contributed by atoms with E-state index in [4.69, 9.17) is 4.74 Å². The minimum absolute atomic E-state index is 0.329. The van der Waals surface area contributed by atoms with Gasteiger partial charge < -0.3 is 4.74 Å². The standard InChI is InChI=1S/C15H17FO/c1-10-13-4-2-3-5-15(13)17-9-11-6-7-12(16)8-14(10)11/h3,5-7,10,12H,2,4,8-9H2,1H3. The quantitative estimate of drug-likeness (QED) is 0.616. The Balaban J connectivity index is 1.99. The van der Waals surface area contributed by atoms with Gasteiger partial charge in [-0.2, -0.15) is 0 Å². The number of halogens is 1. The third kappa shape index (κ3) is 1.86. The molecular weight excluding hydrogens is 215 g/mol. The van der Waals surface area contributed by atoms with Crippen molar-refractivity contribution in [2.24, 2.45) is 5.92 Å². The first kappa shape index (κ1) is 10.8. The van der Waals surface area contributed by atoms with Crippen molar-refractivity contribution in [2.75, 3.05) is 6.61 Å². The lowest BCUT2D eigenvalue weighted by atomic mass is 9.81. The summed E-state index contributed by atoms with van der Waals surface area (Å²) in [7, 11) is 0. The van der Waals surface area contributed by atoms with Gasteiger partial charge in [-0.1, -0.05) is 24.6 Å². The van der Waals surface area contributed by atoms with Crippen molar-refractivity contribution < 1.29 is 9.13 Å². The van der Waals surface area contributed by atoms with Crippen LogP contribution in [-0.4, -0.2) is 12.8 Å². The highest BCUT2D eigenvalue weighted by atomic mass is 19.1. The number of alkyl halides is 1. The second-order valence-electron chi connectivity index (χ2n) is 4.97. The number of rotatable bonds is 0. The molecule has 0 radical (unpaired) electrons. The van der Waals surface area contributed by atoms with Crippen LogP contribution < -0.4 is 0 Å². The maximum Gasteiger partial charge on any atom is 0.122 e. The monoisotopic (exact) mass is 232 g/mol. The molecule has 17 heavy (non-hydrogen) atoms. The SMILES string of the molecule is CC1C2=C(C=CC(F)C2)COC2=C1CCC=C2. The Labute approximate surface area is 101 Å². The van der Waals surface area contributed by atoms with Crippen molar-refractivity contribution in [3.8, 4) is 0 Å². The van der Waals surface area contributed by atoms with Gasteiger partial charge in [0.2, 0.25) is 0 Å². The Hall–Kier alpha value is -1.31. The van der Waals surface area contributed by atoms with Crippen molar-refractivity contribution >= 4 is 0 Å². The highest BCUT2D eigenvalue weighted by molar-refractivity contribution is 5.41. The molecule has 0 amide bonds. The first-order chi connectivity index (χ1) is 8.25. The minimum atomic E-state index is -0.822. The van der Waals surface area contributed by atoms with Gasteiger partial charge in [0.1, 0.15) is 18.5 Å². The van der Waals surface area contributed by atoms with Crippen LogP contribution in [0.15, 0.2) is 46.8 Å². The van der Waals surface area contributed by atoms with E-state index in [1.165, 1.54) is 16.7 Å². The molecule has 1 heterocycles. The van der Waals surface area contributed by atoms with Crippen LogP contribution in [0.5, 0.6) is 0 Å². The van der Waals surface area contributed by atoms with Crippen LogP contribution >= 0.6 is 0 Å². The molecule has 2 unspecified atom stereocenters. The smallest absolute Gasteiger partial charge is 0.122 e. The zero-order chi connectivity index (χ0) is 11.8. The average molecular weight is 232 g/mol.